The van der Waals surface area contributed by atoms with Crippen LogP contribution in [0.5, 0.6) is 11.5 Å². The molecular formula is C19H31N5O2. The summed E-state index contributed by atoms with van der Waals surface area (Å²) in [4.78, 5) is 9.87. The average Bonchev–Trinajstić information content (AvgIpc) is 2.70. The summed E-state index contributed by atoms with van der Waals surface area (Å²) in [6.07, 6.45) is 0. The SMILES string of the molecule is CCNC(=NCc1ccc(OC)c(OC)c1)NCC1CN2CCN1CC2. The molecule has 3 fully saturated rings. The number of rotatable bonds is 7. The molecule has 0 radical (unpaired) electrons. The van der Waals surface area contributed by atoms with Gasteiger partial charge in [-0.1, -0.05) is 6.07 Å². The molecule has 3 aliphatic rings. The maximum Gasteiger partial charge on any atom is 0.191 e. The third kappa shape index (κ3) is 4.59. The van der Waals surface area contributed by atoms with Gasteiger partial charge in [-0.25, -0.2) is 4.99 Å². The van der Waals surface area contributed by atoms with Crippen LogP contribution in [0.2, 0.25) is 0 Å². The van der Waals surface area contributed by atoms with E-state index in [-0.39, 0.29) is 0 Å². The van der Waals surface area contributed by atoms with Crippen molar-refractivity contribution in [2.75, 3.05) is 60.0 Å². The van der Waals surface area contributed by atoms with E-state index in [2.05, 4.69) is 27.4 Å². The summed E-state index contributed by atoms with van der Waals surface area (Å²) in [5.41, 5.74) is 1.09. The molecule has 7 heteroatoms. The van der Waals surface area contributed by atoms with E-state index < -0.39 is 0 Å². The number of fused-ring (bicyclic) bond motifs is 3. The molecule has 0 amide bonds. The van der Waals surface area contributed by atoms with Crippen LogP contribution in [0.15, 0.2) is 23.2 Å². The van der Waals surface area contributed by atoms with Crippen LogP contribution in [-0.2, 0) is 6.54 Å². The van der Waals surface area contributed by atoms with Crippen LogP contribution in [0, 0.1) is 0 Å². The van der Waals surface area contributed by atoms with Gasteiger partial charge in [0.1, 0.15) is 0 Å². The number of guanidine groups is 1. The zero-order chi connectivity index (χ0) is 18.4. The summed E-state index contributed by atoms with van der Waals surface area (Å²) in [7, 11) is 3.30. The van der Waals surface area contributed by atoms with Crippen molar-refractivity contribution >= 4 is 5.96 Å². The molecule has 0 aromatic heterocycles. The summed E-state index contributed by atoms with van der Waals surface area (Å²) in [5, 5.41) is 6.85. The second-order valence-corrected chi connectivity index (χ2v) is 6.76. The van der Waals surface area contributed by atoms with E-state index >= 15 is 0 Å². The first-order valence-corrected chi connectivity index (χ1v) is 9.43. The van der Waals surface area contributed by atoms with Crippen LogP contribution in [0.3, 0.4) is 0 Å². The molecule has 3 aliphatic heterocycles. The number of aliphatic imine (C=N–C) groups is 1. The van der Waals surface area contributed by atoms with Crippen molar-refractivity contribution in [2.45, 2.75) is 19.5 Å². The van der Waals surface area contributed by atoms with Crippen molar-refractivity contribution in [3.8, 4) is 11.5 Å². The summed E-state index contributed by atoms with van der Waals surface area (Å²) in [6, 6.07) is 6.49. The lowest BCUT2D eigenvalue weighted by Crippen LogP contribution is -2.63. The van der Waals surface area contributed by atoms with Gasteiger partial charge in [-0.2, -0.15) is 0 Å². The summed E-state index contributed by atoms with van der Waals surface area (Å²) < 4.78 is 10.7. The van der Waals surface area contributed by atoms with Crippen LogP contribution < -0.4 is 20.1 Å². The minimum atomic E-state index is 0.572. The van der Waals surface area contributed by atoms with Gasteiger partial charge in [0.2, 0.25) is 0 Å². The fourth-order valence-electron chi connectivity index (χ4n) is 3.62. The molecule has 7 nitrogen and oxygen atoms in total. The van der Waals surface area contributed by atoms with E-state index in [4.69, 9.17) is 14.5 Å². The molecule has 3 heterocycles. The minimum absolute atomic E-state index is 0.572. The fraction of sp³-hybridized carbons (Fsp3) is 0.632. The van der Waals surface area contributed by atoms with Crippen molar-refractivity contribution in [3.63, 3.8) is 0 Å². The first kappa shape index (κ1) is 18.8. The van der Waals surface area contributed by atoms with Crippen LogP contribution in [0.4, 0.5) is 0 Å². The molecule has 1 unspecified atom stereocenters. The highest BCUT2D eigenvalue weighted by atomic mass is 16.5. The highest BCUT2D eigenvalue weighted by Crippen LogP contribution is 2.27. The Kier molecular flexibility index (Phi) is 6.57. The number of methoxy groups -OCH3 is 2. The molecule has 1 aromatic carbocycles. The van der Waals surface area contributed by atoms with E-state index in [1.165, 1.54) is 26.2 Å². The minimum Gasteiger partial charge on any atom is -0.493 e. The lowest BCUT2D eigenvalue weighted by atomic mass is 10.1. The molecule has 2 bridgehead atoms. The highest BCUT2D eigenvalue weighted by molar-refractivity contribution is 5.79. The first-order valence-electron chi connectivity index (χ1n) is 9.43. The molecule has 4 rings (SSSR count). The van der Waals surface area contributed by atoms with Gasteiger partial charge in [0.05, 0.1) is 20.8 Å². The smallest absolute Gasteiger partial charge is 0.191 e. The summed E-state index contributed by atoms with van der Waals surface area (Å²) in [5.74, 6) is 2.33. The lowest BCUT2D eigenvalue weighted by Gasteiger charge is -2.47. The van der Waals surface area contributed by atoms with Crippen LogP contribution in [-0.4, -0.2) is 81.8 Å². The molecule has 0 saturated carbocycles. The van der Waals surface area contributed by atoms with E-state index in [1.54, 1.807) is 14.2 Å². The van der Waals surface area contributed by atoms with Crippen molar-refractivity contribution in [2.24, 2.45) is 4.99 Å². The quantitative estimate of drug-likeness (QED) is 0.552. The number of nitrogens with zero attached hydrogens (tertiary/aromatic N) is 3. The molecule has 0 spiro atoms. The Morgan fingerprint density at radius 3 is 2.50 bits per heavy atom. The maximum absolute atomic E-state index is 5.37. The molecule has 144 valence electrons. The standard InChI is InChI=1S/C19H31N5O2/c1-4-20-19(22-13-16-14-23-7-9-24(16)10-8-23)21-12-15-5-6-17(25-2)18(11-15)26-3/h5-6,11,16H,4,7-10,12-14H2,1-3H3,(H2,20,21,22). The molecule has 0 aliphatic carbocycles. The van der Waals surface area contributed by atoms with Gasteiger partial charge >= 0.3 is 0 Å². The lowest BCUT2D eigenvalue weighted by molar-refractivity contribution is 0.0154. The Morgan fingerprint density at radius 1 is 1.12 bits per heavy atom. The number of hydrogen-bond acceptors (Lipinski definition) is 5. The van der Waals surface area contributed by atoms with Gasteiger partial charge in [0.25, 0.3) is 0 Å². The molecule has 2 N–H and O–H groups in total. The molecule has 1 aromatic rings. The normalized spacial score (nSPS) is 25.0. The first-order chi connectivity index (χ1) is 12.7. The number of hydrogen-bond donors (Lipinski definition) is 2. The van der Waals surface area contributed by atoms with Gasteiger partial charge in [-0.3, -0.25) is 9.80 Å². The largest absolute Gasteiger partial charge is 0.493 e. The van der Waals surface area contributed by atoms with Crippen molar-refractivity contribution in [3.05, 3.63) is 23.8 Å². The fourth-order valence-corrected chi connectivity index (χ4v) is 3.62. The second-order valence-electron chi connectivity index (χ2n) is 6.76. The van der Waals surface area contributed by atoms with Gasteiger partial charge in [0.15, 0.2) is 17.5 Å². The summed E-state index contributed by atoms with van der Waals surface area (Å²) in [6.45, 7) is 10.4. The Labute approximate surface area is 156 Å². The molecule has 1 atom stereocenters. The van der Waals surface area contributed by atoms with Crippen molar-refractivity contribution in [1.82, 2.24) is 20.4 Å². The number of ether oxygens (including phenoxy) is 2. The van der Waals surface area contributed by atoms with E-state index in [0.29, 0.717) is 12.6 Å². The van der Waals surface area contributed by atoms with Gasteiger partial charge in [-0.05, 0) is 24.6 Å². The van der Waals surface area contributed by atoms with Gasteiger partial charge in [0, 0.05) is 51.9 Å². The van der Waals surface area contributed by atoms with E-state index in [9.17, 15) is 0 Å². The van der Waals surface area contributed by atoms with Gasteiger partial charge in [-0.15, -0.1) is 0 Å². The zero-order valence-corrected chi connectivity index (χ0v) is 16.1. The number of benzene rings is 1. The zero-order valence-electron chi connectivity index (χ0n) is 16.1. The third-order valence-corrected chi connectivity index (χ3v) is 5.11. The van der Waals surface area contributed by atoms with Crippen molar-refractivity contribution in [1.29, 1.82) is 0 Å². The Morgan fingerprint density at radius 2 is 1.88 bits per heavy atom. The topological polar surface area (TPSA) is 61.4 Å². The Bertz CT molecular complexity index is 614. The third-order valence-electron chi connectivity index (χ3n) is 5.11. The highest BCUT2D eigenvalue weighted by Gasteiger charge is 2.31. The summed E-state index contributed by atoms with van der Waals surface area (Å²) >= 11 is 0. The maximum atomic E-state index is 5.37. The van der Waals surface area contributed by atoms with Crippen LogP contribution in [0.25, 0.3) is 0 Å². The van der Waals surface area contributed by atoms with E-state index in [0.717, 1.165) is 42.7 Å². The Balaban J connectivity index is 1.58. The van der Waals surface area contributed by atoms with E-state index in [1.807, 2.05) is 18.2 Å². The monoisotopic (exact) mass is 361 g/mol. The Hall–Kier alpha value is -1.99. The van der Waals surface area contributed by atoms with Gasteiger partial charge < -0.3 is 20.1 Å². The average molecular weight is 361 g/mol. The number of nitrogens with one attached hydrogen (secondary N) is 2. The van der Waals surface area contributed by atoms with Crippen LogP contribution in [0.1, 0.15) is 12.5 Å². The predicted octanol–water partition coefficient (Wildman–Crippen LogP) is 0.759. The molecule has 3 saturated heterocycles. The molecular weight excluding hydrogens is 330 g/mol. The molecule has 26 heavy (non-hydrogen) atoms. The number of piperazine rings is 3. The van der Waals surface area contributed by atoms with Crippen LogP contribution >= 0.6 is 0 Å². The predicted molar refractivity (Wildman–Crippen MR) is 104 cm³/mol. The van der Waals surface area contributed by atoms with Crippen molar-refractivity contribution < 1.29 is 9.47 Å². The second kappa shape index (κ2) is 9.09.